The van der Waals surface area contributed by atoms with Crippen molar-refractivity contribution in [3.63, 3.8) is 0 Å². The second kappa shape index (κ2) is 6.58. The highest BCUT2D eigenvalue weighted by molar-refractivity contribution is 5.26. The zero-order valence-electron chi connectivity index (χ0n) is 19.5. The fourth-order valence-electron chi connectivity index (χ4n) is 9.73. The van der Waals surface area contributed by atoms with Crippen LogP contribution in [0.25, 0.3) is 0 Å². The van der Waals surface area contributed by atoms with Crippen LogP contribution in [0.2, 0.25) is 0 Å². The Bertz CT molecular complexity index is 736. The van der Waals surface area contributed by atoms with E-state index in [1.807, 2.05) is 0 Å². The monoisotopic (exact) mass is 414 g/mol. The van der Waals surface area contributed by atoms with Gasteiger partial charge >= 0.3 is 0 Å². The van der Waals surface area contributed by atoms with Gasteiger partial charge in [-0.05, 0) is 91.8 Å². The first-order valence-electron chi connectivity index (χ1n) is 13.0. The first-order valence-corrected chi connectivity index (χ1v) is 13.0. The average molecular weight is 415 g/mol. The molecule has 2 saturated heterocycles. The van der Waals surface area contributed by atoms with E-state index in [4.69, 9.17) is 9.47 Å². The van der Waals surface area contributed by atoms with Gasteiger partial charge in [-0.2, -0.15) is 0 Å². The van der Waals surface area contributed by atoms with Gasteiger partial charge in [0.1, 0.15) is 0 Å². The summed E-state index contributed by atoms with van der Waals surface area (Å²) in [5.41, 5.74) is 2.32. The predicted octanol–water partition coefficient (Wildman–Crippen LogP) is 5.71. The molecule has 3 nitrogen and oxygen atoms in total. The van der Waals surface area contributed by atoms with Gasteiger partial charge in [-0.15, -0.1) is 0 Å². The van der Waals surface area contributed by atoms with E-state index in [-0.39, 0.29) is 11.9 Å². The van der Waals surface area contributed by atoms with Crippen molar-refractivity contribution in [2.45, 2.75) is 103 Å². The molecule has 0 aromatic carbocycles. The quantitative estimate of drug-likeness (QED) is 0.516. The maximum Gasteiger partial charge on any atom is 0.171 e. The Morgan fingerprint density at radius 3 is 2.60 bits per heavy atom. The molecule has 0 unspecified atom stereocenters. The van der Waals surface area contributed by atoms with Crippen LogP contribution in [0.15, 0.2) is 11.6 Å². The van der Waals surface area contributed by atoms with Crippen molar-refractivity contribution < 1.29 is 14.6 Å². The summed E-state index contributed by atoms with van der Waals surface area (Å²) in [5, 5.41) is 10.2. The highest BCUT2D eigenvalue weighted by atomic mass is 16.7. The SMILES string of the molecule is C[C@H]1CC[C@@]2(OC1)O[C@H]1C[C@@H]3[C@H]4CCC5=C[C@@H](O)CC[C@]5(C)[C@@H]4CC[C@]3(C)[C@H]1[C@@H]2C. The molecule has 3 saturated carbocycles. The standard InChI is InChI=1S/C27H42O3/c1-16-7-12-27(29-15-16)17(2)24-23(30-27)14-22-20-6-5-18-13-19(28)8-10-25(18,3)21(20)9-11-26(22,24)4/h13,16-17,19-24,28H,5-12,14-15H2,1-4H3/t16-,17-,19-,20-,21+,22+,23-,24-,25-,26-,27+/m0/s1. The zero-order chi connectivity index (χ0) is 20.9. The third kappa shape index (κ3) is 2.55. The first-order chi connectivity index (χ1) is 14.3. The van der Waals surface area contributed by atoms with Crippen LogP contribution < -0.4 is 0 Å². The third-order valence-electron chi connectivity index (χ3n) is 11.4. The molecule has 2 aliphatic heterocycles. The molecule has 1 N–H and O–H groups in total. The Morgan fingerprint density at radius 1 is 1.00 bits per heavy atom. The lowest BCUT2D eigenvalue weighted by atomic mass is 9.46. The molecule has 3 heteroatoms. The second-order valence-electron chi connectivity index (χ2n) is 12.6. The molecule has 0 amide bonds. The van der Waals surface area contributed by atoms with E-state index in [0.29, 0.717) is 34.7 Å². The first kappa shape index (κ1) is 20.2. The van der Waals surface area contributed by atoms with Crippen LogP contribution in [-0.4, -0.2) is 29.7 Å². The Labute approximate surface area is 183 Å². The Kier molecular flexibility index (Phi) is 4.44. The number of fused-ring (bicyclic) bond motifs is 7. The number of aliphatic hydroxyl groups excluding tert-OH is 1. The summed E-state index contributed by atoms with van der Waals surface area (Å²) in [6.07, 6.45) is 13.4. The van der Waals surface area contributed by atoms with E-state index >= 15 is 0 Å². The van der Waals surface area contributed by atoms with E-state index in [9.17, 15) is 5.11 Å². The number of hydrogen-bond donors (Lipinski definition) is 1. The summed E-state index contributed by atoms with van der Waals surface area (Å²) >= 11 is 0. The molecule has 5 fully saturated rings. The molecule has 0 radical (unpaired) electrons. The lowest BCUT2D eigenvalue weighted by Gasteiger charge is -2.59. The van der Waals surface area contributed by atoms with Gasteiger partial charge in [-0.3, -0.25) is 0 Å². The topological polar surface area (TPSA) is 38.7 Å². The molecule has 0 bridgehead atoms. The Balaban J connectivity index is 1.28. The molecule has 11 atom stereocenters. The largest absolute Gasteiger partial charge is 0.389 e. The predicted molar refractivity (Wildman–Crippen MR) is 118 cm³/mol. The summed E-state index contributed by atoms with van der Waals surface area (Å²) in [6.45, 7) is 10.8. The molecule has 4 aliphatic carbocycles. The van der Waals surface area contributed by atoms with Crippen LogP contribution in [-0.2, 0) is 9.47 Å². The van der Waals surface area contributed by atoms with Crippen LogP contribution in [0.5, 0.6) is 0 Å². The lowest BCUT2D eigenvalue weighted by Crippen LogP contribution is -2.52. The van der Waals surface area contributed by atoms with Gasteiger partial charge in [0.05, 0.1) is 18.8 Å². The van der Waals surface area contributed by atoms with E-state index in [0.717, 1.165) is 37.2 Å². The van der Waals surface area contributed by atoms with Gasteiger partial charge in [0.25, 0.3) is 0 Å². The maximum atomic E-state index is 10.2. The number of rotatable bonds is 0. The van der Waals surface area contributed by atoms with Gasteiger partial charge in [0.2, 0.25) is 0 Å². The molecule has 0 aromatic heterocycles. The summed E-state index contributed by atoms with van der Waals surface area (Å²) in [7, 11) is 0. The van der Waals surface area contributed by atoms with Crippen LogP contribution in [0.3, 0.4) is 0 Å². The van der Waals surface area contributed by atoms with Gasteiger partial charge < -0.3 is 14.6 Å². The second-order valence-corrected chi connectivity index (χ2v) is 12.6. The Hall–Kier alpha value is -0.380. The fraction of sp³-hybridized carbons (Fsp3) is 0.926. The molecule has 1 spiro atoms. The van der Waals surface area contributed by atoms with Crippen molar-refractivity contribution in [2.75, 3.05) is 6.61 Å². The van der Waals surface area contributed by atoms with Crippen LogP contribution >= 0.6 is 0 Å². The summed E-state index contributed by atoms with van der Waals surface area (Å²) in [4.78, 5) is 0. The molecule has 0 aromatic rings. The molecule has 6 rings (SSSR count). The number of allylic oxidation sites excluding steroid dienone is 1. The highest BCUT2D eigenvalue weighted by Gasteiger charge is 2.68. The summed E-state index contributed by atoms with van der Waals surface area (Å²) < 4.78 is 13.4. The van der Waals surface area contributed by atoms with Crippen molar-refractivity contribution in [3.8, 4) is 0 Å². The molecular weight excluding hydrogens is 372 g/mol. The average Bonchev–Trinajstić information content (AvgIpc) is 3.16. The molecule has 6 aliphatic rings. The maximum absolute atomic E-state index is 10.2. The van der Waals surface area contributed by atoms with Crippen molar-refractivity contribution in [1.82, 2.24) is 0 Å². The Morgan fingerprint density at radius 2 is 1.83 bits per heavy atom. The molecule has 2 heterocycles. The van der Waals surface area contributed by atoms with Gasteiger partial charge in [0.15, 0.2) is 5.79 Å². The third-order valence-corrected chi connectivity index (χ3v) is 11.4. The van der Waals surface area contributed by atoms with Crippen molar-refractivity contribution in [2.24, 2.45) is 46.3 Å². The van der Waals surface area contributed by atoms with Gasteiger partial charge in [-0.1, -0.05) is 39.3 Å². The van der Waals surface area contributed by atoms with Crippen LogP contribution in [0, 0.1) is 46.3 Å². The van der Waals surface area contributed by atoms with Crippen LogP contribution in [0.4, 0.5) is 0 Å². The number of aliphatic hydroxyl groups is 1. The van der Waals surface area contributed by atoms with Gasteiger partial charge in [0, 0.05) is 12.3 Å². The summed E-state index contributed by atoms with van der Waals surface area (Å²) in [5.74, 6) is 4.00. The van der Waals surface area contributed by atoms with Gasteiger partial charge in [-0.25, -0.2) is 0 Å². The van der Waals surface area contributed by atoms with E-state index in [1.54, 1.807) is 5.57 Å². The zero-order valence-corrected chi connectivity index (χ0v) is 19.5. The van der Waals surface area contributed by atoms with Crippen molar-refractivity contribution >= 4 is 0 Å². The smallest absolute Gasteiger partial charge is 0.171 e. The van der Waals surface area contributed by atoms with E-state index in [1.165, 1.54) is 44.9 Å². The minimum Gasteiger partial charge on any atom is -0.389 e. The van der Waals surface area contributed by atoms with Crippen molar-refractivity contribution in [1.29, 1.82) is 0 Å². The number of hydrogen-bond acceptors (Lipinski definition) is 3. The van der Waals surface area contributed by atoms with E-state index in [2.05, 4.69) is 33.8 Å². The lowest BCUT2D eigenvalue weighted by molar-refractivity contribution is -0.272. The molecule has 168 valence electrons. The van der Waals surface area contributed by atoms with E-state index < -0.39 is 0 Å². The molecule has 30 heavy (non-hydrogen) atoms. The summed E-state index contributed by atoms with van der Waals surface area (Å²) in [6, 6.07) is 0. The van der Waals surface area contributed by atoms with Crippen LogP contribution in [0.1, 0.15) is 85.5 Å². The highest BCUT2D eigenvalue weighted by Crippen LogP contribution is 2.70. The fourth-order valence-corrected chi connectivity index (χ4v) is 9.73. The molecular formula is C27H42O3. The normalized spacial score (nSPS) is 59.8. The minimum absolute atomic E-state index is 0.201. The van der Waals surface area contributed by atoms with Crippen molar-refractivity contribution in [3.05, 3.63) is 11.6 Å². The number of ether oxygens (including phenoxy) is 2. The minimum atomic E-state index is -0.291.